The van der Waals surface area contributed by atoms with Gasteiger partial charge < -0.3 is 9.47 Å². The molecule has 2 heterocycles. The number of methoxy groups -OCH3 is 2. The lowest BCUT2D eigenvalue weighted by molar-refractivity contribution is 0.246. The molecule has 0 radical (unpaired) electrons. The zero-order chi connectivity index (χ0) is 22.3. The minimum atomic E-state index is -1.44. The van der Waals surface area contributed by atoms with Gasteiger partial charge in [0.15, 0.2) is 23.1 Å². The summed E-state index contributed by atoms with van der Waals surface area (Å²) in [5.74, 6) is -2.16. The SMILES string of the molecule is COc1cc(OC)c(F)c(N2Cc3cnc(S(C)=O)nc3N(C3CCCC3)C2=O)c1F. The number of carbonyl (C=O) groups excluding carboxylic acids is 1. The fourth-order valence-corrected chi connectivity index (χ4v) is 4.49. The number of hydrogen-bond donors (Lipinski definition) is 0. The van der Waals surface area contributed by atoms with Gasteiger partial charge in [0.25, 0.3) is 0 Å². The Morgan fingerprint density at radius 3 is 2.29 bits per heavy atom. The van der Waals surface area contributed by atoms with Crippen molar-refractivity contribution in [1.29, 1.82) is 0 Å². The van der Waals surface area contributed by atoms with Gasteiger partial charge in [-0.3, -0.25) is 14.0 Å². The second kappa shape index (κ2) is 8.37. The Hall–Kier alpha value is -2.82. The third kappa shape index (κ3) is 3.60. The van der Waals surface area contributed by atoms with Gasteiger partial charge >= 0.3 is 6.03 Å². The molecule has 1 unspecified atom stereocenters. The lowest BCUT2D eigenvalue weighted by Crippen LogP contribution is -2.52. The van der Waals surface area contributed by atoms with Gasteiger partial charge in [-0.15, -0.1) is 0 Å². The summed E-state index contributed by atoms with van der Waals surface area (Å²) < 4.78 is 52.2. The van der Waals surface area contributed by atoms with E-state index in [0.717, 1.165) is 36.6 Å². The normalized spacial score (nSPS) is 17.6. The summed E-state index contributed by atoms with van der Waals surface area (Å²) in [6.45, 7) is -0.155. The Morgan fingerprint density at radius 2 is 1.74 bits per heavy atom. The molecule has 31 heavy (non-hydrogen) atoms. The van der Waals surface area contributed by atoms with Gasteiger partial charge in [0, 0.05) is 30.1 Å². The summed E-state index contributed by atoms with van der Waals surface area (Å²) in [6.07, 6.45) is 6.23. The Bertz CT molecular complexity index is 1030. The maximum Gasteiger partial charge on any atom is 0.330 e. The first-order chi connectivity index (χ1) is 14.9. The number of amides is 2. The first kappa shape index (κ1) is 21.4. The third-order valence-electron chi connectivity index (χ3n) is 5.58. The molecule has 11 heteroatoms. The molecule has 1 aromatic carbocycles. The Morgan fingerprint density at radius 1 is 1.13 bits per heavy atom. The number of halogens is 2. The topological polar surface area (TPSA) is 84.9 Å². The number of aromatic nitrogens is 2. The molecule has 2 aliphatic rings. The van der Waals surface area contributed by atoms with Gasteiger partial charge in [-0.1, -0.05) is 12.8 Å². The van der Waals surface area contributed by atoms with Crippen LogP contribution in [-0.4, -0.2) is 46.7 Å². The van der Waals surface area contributed by atoms with Crippen molar-refractivity contribution in [3.63, 3.8) is 0 Å². The number of rotatable bonds is 5. The van der Waals surface area contributed by atoms with Gasteiger partial charge in [0.1, 0.15) is 11.5 Å². The van der Waals surface area contributed by atoms with Crippen LogP contribution in [0.2, 0.25) is 0 Å². The summed E-state index contributed by atoms with van der Waals surface area (Å²) in [5, 5.41) is 0.100. The van der Waals surface area contributed by atoms with Crippen molar-refractivity contribution in [3.8, 4) is 11.5 Å². The molecular formula is C20H22F2N4O4S. The van der Waals surface area contributed by atoms with Crippen molar-refractivity contribution in [2.75, 3.05) is 30.3 Å². The van der Waals surface area contributed by atoms with Crippen molar-refractivity contribution in [2.45, 2.75) is 43.4 Å². The van der Waals surface area contributed by atoms with Crippen LogP contribution in [0.1, 0.15) is 31.2 Å². The molecule has 1 fully saturated rings. The average molecular weight is 452 g/mol. The second-order valence-electron chi connectivity index (χ2n) is 7.39. The van der Waals surface area contributed by atoms with Gasteiger partial charge in [0.2, 0.25) is 5.16 Å². The third-order valence-corrected chi connectivity index (χ3v) is 6.29. The van der Waals surface area contributed by atoms with Gasteiger partial charge in [-0.05, 0) is 12.8 Å². The lowest BCUT2D eigenvalue weighted by Gasteiger charge is -2.39. The first-order valence-electron chi connectivity index (χ1n) is 9.77. The Balaban J connectivity index is 1.89. The molecule has 8 nitrogen and oxygen atoms in total. The smallest absolute Gasteiger partial charge is 0.330 e. The number of fused-ring (bicyclic) bond motifs is 1. The van der Waals surface area contributed by atoms with E-state index in [9.17, 15) is 9.00 Å². The van der Waals surface area contributed by atoms with Gasteiger partial charge in [-0.25, -0.2) is 23.5 Å². The van der Waals surface area contributed by atoms with Crippen LogP contribution in [0.3, 0.4) is 0 Å². The number of carbonyl (C=O) groups is 1. The maximum absolute atomic E-state index is 15.2. The number of urea groups is 1. The highest BCUT2D eigenvalue weighted by atomic mass is 32.2. The maximum atomic E-state index is 15.2. The molecule has 1 atom stereocenters. The number of ether oxygens (including phenoxy) is 2. The van der Waals surface area contributed by atoms with E-state index in [4.69, 9.17) is 9.47 Å². The molecule has 2 aromatic rings. The van der Waals surface area contributed by atoms with Crippen molar-refractivity contribution in [2.24, 2.45) is 0 Å². The predicted molar refractivity (Wildman–Crippen MR) is 110 cm³/mol. The summed E-state index contributed by atoms with van der Waals surface area (Å²) in [4.78, 5) is 24.5. The van der Waals surface area contributed by atoms with Crippen LogP contribution >= 0.6 is 0 Å². The summed E-state index contributed by atoms with van der Waals surface area (Å²) in [5.41, 5.74) is -0.0562. The number of anilines is 2. The van der Waals surface area contributed by atoms with Crippen LogP contribution in [0.15, 0.2) is 17.4 Å². The summed E-state index contributed by atoms with van der Waals surface area (Å²) >= 11 is 0. The van der Waals surface area contributed by atoms with E-state index in [2.05, 4.69) is 9.97 Å². The van der Waals surface area contributed by atoms with Crippen LogP contribution in [-0.2, 0) is 17.3 Å². The standard InChI is InChI=1S/C20H22F2N4O4S/c1-29-13-8-14(30-2)16(22)17(15(13)21)25-10-11-9-23-19(31(3)28)24-18(11)26(20(25)27)12-6-4-5-7-12/h8-9,12H,4-7,10H2,1-3H3. The molecule has 166 valence electrons. The van der Waals surface area contributed by atoms with Crippen molar-refractivity contribution in [1.82, 2.24) is 9.97 Å². The molecule has 4 rings (SSSR count). The van der Waals surface area contributed by atoms with Crippen LogP contribution in [0.4, 0.5) is 25.1 Å². The average Bonchev–Trinajstić information content (AvgIpc) is 3.28. The molecule has 1 aromatic heterocycles. The van der Waals surface area contributed by atoms with Crippen molar-refractivity contribution >= 4 is 28.3 Å². The monoisotopic (exact) mass is 452 g/mol. The Kier molecular flexibility index (Phi) is 5.78. The highest BCUT2D eigenvalue weighted by Gasteiger charge is 2.41. The molecule has 1 aliphatic heterocycles. The predicted octanol–water partition coefficient (Wildman–Crippen LogP) is 3.40. The van der Waals surface area contributed by atoms with E-state index in [0.29, 0.717) is 11.4 Å². The quantitative estimate of drug-likeness (QED) is 0.647. The zero-order valence-electron chi connectivity index (χ0n) is 17.4. The molecule has 0 bridgehead atoms. The minimum Gasteiger partial charge on any atom is -0.493 e. The van der Waals surface area contributed by atoms with Gasteiger partial charge in [-0.2, -0.15) is 0 Å². The highest BCUT2D eigenvalue weighted by Crippen LogP contribution is 2.42. The minimum absolute atomic E-state index is 0.100. The van der Waals surface area contributed by atoms with Crippen LogP contribution in [0.5, 0.6) is 11.5 Å². The van der Waals surface area contributed by atoms with Crippen molar-refractivity contribution in [3.05, 3.63) is 29.5 Å². The molecule has 2 amide bonds. The molecule has 1 aliphatic carbocycles. The second-order valence-corrected chi connectivity index (χ2v) is 8.66. The molecule has 0 saturated heterocycles. The first-order valence-corrected chi connectivity index (χ1v) is 11.3. The van der Waals surface area contributed by atoms with Crippen molar-refractivity contribution < 1.29 is 27.3 Å². The van der Waals surface area contributed by atoms with Gasteiger partial charge in [0.05, 0.1) is 31.6 Å². The Labute approximate surface area is 180 Å². The van der Waals surface area contributed by atoms with E-state index < -0.39 is 34.2 Å². The van der Waals surface area contributed by atoms with E-state index in [1.807, 2.05) is 0 Å². The molecule has 0 N–H and O–H groups in total. The molecule has 1 saturated carbocycles. The molecule has 0 spiro atoms. The largest absolute Gasteiger partial charge is 0.493 e. The van der Waals surface area contributed by atoms with Crippen LogP contribution in [0.25, 0.3) is 0 Å². The number of hydrogen-bond acceptors (Lipinski definition) is 6. The highest BCUT2D eigenvalue weighted by molar-refractivity contribution is 7.84. The zero-order valence-corrected chi connectivity index (χ0v) is 18.2. The number of benzene rings is 1. The number of nitrogens with zero attached hydrogens (tertiary/aromatic N) is 4. The lowest BCUT2D eigenvalue weighted by atomic mass is 10.1. The summed E-state index contributed by atoms with van der Waals surface area (Å²) in [6, 6.07) is 0.303. The van der Waals surface area contributed by atoms with E-state index >= 15 is 8.78 Å². The molecular weight excluding hydrogens is 430 g/mol. The van der Waals surface area contributed by atoms with Crippen LogP contribution in [0, 0.1) is 11.6 Å². The fraction of sp³-hybridized carbons (Fsp3) is 0.450. The van der Waals surface area contributed by atoms with E-state index in [1.165, 1.54) is 31.6 Å². The fourth-order valence-electron chi connectivity index (χ4n) is 4.08. The van der Waals surface area contributed by atoms with E-state index in [1.54, 1.807) is 0 Å². The van der Waals surface area contributed by atoms with E-state index in [-0.39, 0.29) is 29.2 Å². The van der Waals surface area contributed by atoms with Crippen LogP contribution < -0.4 is 19.3 Å². The summed E-state index contributed by atoms with van der Waals surface area (Å²) in [7, 11) is 1.05.